The number of hydrogen-bond acceptors (Lipinski definition) is 6. The Morgan fingerprint density at radius 2 is 0.533 bits per heavy atom. The Morgan fingerprint density at radius 1 is 0.280 bits per heavy atom. The van der Waals surface area contributed by atoms with E-state index in [0.29, 0.717) is 19.3 Å². The molecule has 0 fully saturated rings. The summed E-state index contributed by atoms with van der Waals surface area (Å²) in [5.74, 6) is -0.936. The molecule has 1 atom stereocenters. The monoisotopic (exact) mass is 1040 g/mol. The number of unbranched alkanes of at least 4 members (excludes halogenated alkanes) is 24. The highest BCUT2D eigenvalue weighted by atomic mass is 16.6. The van der Waals surface area contributed by atoms with E-state index in [4.69, 9.17) is 14.2 Å². The molecular formula is C69H114O6. The molecule has 0 rings (SSSR count). The second-order valence-electron chi connectivity index (χ2n) is 20.2. The summed E-state index contributed by atoms with van der Waals surface area (Å²) in [6.07, 6.45) is 86.2. The van der Waals surface area contributed by atoms with E-state index in [1.807, 2.05) is 0 Å². The van der Waals surface area contributed by atoms with Gasteiger partial charge in [-0.1, -0.05) is 251 Å². The third-order valence-corrected chi connectivity index (χ3v) is 12.9. The maximum Gasteiger partial charge on any atom is 0.306 e. The van der Waals surface area contributed by atoms with Gasteiger partial charge in [-0.25, -0.2) is 0 Å². The van der Waals surface area contributed by atoms with Crippen molar-refractivity contribution < 1.29 is 28.6 Å². The summed E-state index contributed by atoms with van der Waals surface area (Å²) in [5.41, 5.74) is 0. The Bertz CT molecular complexity index is 1570. The quantitative estimate of drug-likeness (QED) is 0.0261. The Hall–Kier alpha value is -4.19. The van der Waals surface area contributed by atoms with Crippen LogP contribution < -0.4 is 0 Å². The molecule has 0 aromatic carbocycles. The molecule has 0 radical (unpaired) electrons. The number of ether oxygens (including phenoxy) is 3. The van der Waals surface area contributed by atoms with Gasteiger partial charge >= 0.3 is 17.9 Å². The molecule has 0 saturated carbocycles. The highest BCUT2D eigenvalue weighted by molar-refractivity contribution is 5.71. The van der Waals surface area contributed by atoms with Gasteiger partial charge in [0, 0.05) is 19.3 Å². The molecular weight excluding hydrogens is 925 g/mol. The van der Waals surface area contributed by atoms with Crippen molar-refractivity contribution in [3.63, 3.8) is 0 Å². The highest BCUT2D eigenvalue weighted by Crippen LogP contribution is 2.14. The van der Waals surface area contributed by atoms with E-state index >= 15 is 0 Å². The maximum absolute atomic E-state index is 12.9. The first-order valence-corrected chi connectivity index (χ1v) is 31.0. The van der Waals surface area contributed by atoms with E-state index in [0.717, 1.165) is 161 Å². The molecule has 0 N–H and O–H groups in total. The van der Waals surface area contributed by atoms with E-state index in [-0.39, 0.29) is 31.1 Å². The zero-order chi connectivity index (χ0) is 54.3. The number of allylic oxidation sites excluding steroid dienone is 20. The van der Waals surface area contributed by atoms with Crippen LogP contribution in [0.25, 0.3) is 0 Å². The average Bonchev–Trinajstić information content (AvgIpc) is 3.41. The predicted octanol–water partition coefficient (Wildman–Crippen LogP) is 21.2. The van der Waals surface area contributed by atoms with Gasteiger partial charge < -0.3 is 14.2 Å². The lowest BCUT2D eigenvalue weighted by Gasteiger charge is -2.18. The number of carbonyl (C=O) groups is 3. The van der Waals surface area contributed by atoms with Crippen molar-refractivity contribution in [3.05, 3.63) is 122 Å². The summed E-state index contributed by atoms with van der Waals surface area (Å²) in [4.78, 5) is 38.2. The number of esters is 3. The fourth-order valence-corrected chi connectivity index (χ4v) is 8.26. The third-order valence-electron chi connectivity index (χ3n) is 12.9. The topological polar surface area (TPSA) is 78.9 Å². The number of hydrogen-bond donors (Lipinski definition) is 0. The minimum absolute atomic E-state index is 0.0969. The molecule has 1 unspecified atom stereocenters. The normalized spacial score (nSPS) is 12.9. The van der Waals surface area contributed by atoms with Gasteiger partial charge in [-0.3, -0.25) is 14.4 Å². The first-order valence-electron chi connectivity index (χ1n) is 31.0. The lowest BCUT2D eigenvalue weighted by Crippen LogP contribution is -2.30. The van der Waals surface area contributed by atoms with Crippen LogP contribution in [0, 0.1) is 0 Å². The molecule has 426 valence electrons. The molecule has 0 spiro atoms. The molecule has 0 aliphatic rings. The summed E-state index contributed by atoms with van der Waals surface area (Å²) in [5, 5.41) is 0. The maximum atomic E-state index is 12.9. The van der Waals surface area contributed by atoms with Gasteiger partial charge in [0.1, 0.15) is 13.2 Å². The molecule has 0 aromatic rings. The molecule has 0 bridgehead atoms. The predicted molar refractivity (Wildman–Crippen MR) is 325 cm³/mol. The van der Waals surface area contributed by atoms with Gasteiger partial charge in [-0.15, -0.1) is 0 Å². The Balaban J connectivity index is 4.41. The molecule has 0 aliphatic carbocycles. The van der Waals surface area contributed by atoms with E-state index in [1.54, 1.807) is 0 Å². The van der Waals surface area contributed by atoms with Gasteiger partial charge in [0.25, 0.3) is 0 Å². The van der Waals surface area contributed by atoms with Crippen LogP contribution in [0.15, 0.2) is 122 Å². The fraction of sp³-hybridized carbons (Fsp3) is 0.667. The third kappa shape index (κ3) is 60.6. The first-order chi connectivity index (χ1) is 37.0. The SMILES string of the molecule is CC/C=C\C/C=C\C/C=C\C/C=C\C/C=C\C/C=C\C/C=C\CCCCCCCC(=O)OCC(COC(=O)CCCCCCC/C=C\C/C=C\CCCC)OC(=O)CCCCCCC/C=C\CCCCCCCCC. The number of rotatable bonds is 55. The summed E-state index contributed by atoms with van der Waals surface area (Å²) in [6.45, 7) is 6.45. The van der Waals surface area contributed by atoms with Crippen LogP contribution in [0.3, 0.4) is 0 Å². The van der Waals surface area contributed by atoms with Crippen molar-refractivity contribution >= 4 is 17.9 Å². The van der Waals surface area contributed by atoms with Crippen molar-refractivity contribution in [2.75, 3.05) is 13.2 Å². The lowest BCUT2D eigenvalue weighted by molar-refractivity contribution is -0.167. The summed E-state index contributed by atoms with van der Waals surface area (Å²) in [7, 11) is 0. The molecule has 0 aliphatic heterocycles. The minimum atomic E-state index is -0.800. The lowest BCUT2D eigenvalue weighted by atomic mass is 10.1. The molecule has 6 heteroatoms. The summed E-state index contributed by atoms with van der Waals surface area (Å²) < 4.78 is 16.9. The van der Waals surface area contributed by atoms with Crippen LogP contribution in [0.2, 0.25) is 0 Å². The average molecular weight is 1040 g/mol. The second-order valence-corrected chi connectivity index (χ2v) is 20.2. The van der Waals surface area contributed by atoms with Gasteiger partial charge in [-0.05, 0) is 128 Å². The zero-order valence-corrected chi connectivity index (χ0v) is 48.8. The smallest absolute Gasteiger partial charge is 0.306 e. The van der Waals surface area contributed by atoms with E-state index < -0.39 is 6.10 Å². The van der Waals surface area contributed by atoms with Crippen molar-refractivity contribution in [3.8, 4) is 0 Å². The number of carbonyl (C=O) groups excluding carboxylic acids is 3. The molecule has 0 saturated heterocycles. The largest absolute Gasteiger partial charge is 0.462 e. The van der Waals surface area contributed by atoms with Crippen LogP contribution in [0.5, 0.6) is 0 Å². The zero-order valence-electron chi connectivity index (χ0n) is 48.8. The van der Waals surface area contributed by atoms with Crippen LogP contribution in [-0.2, 0) is 28.6 Å². The molecule has 0 heterocycles. The van der Waals surface area contributed by atoms with E-state index in [1.165, 1.54) is 77.0 Å². The second kappa shape index (κ2) is 62.4. The van der Waals surface area contributed by atoms with Gasteiger partial charge in [-0.2, -0.15) is 0 Å². The van der Waals surface area contributed by atoms with Crippen molar-refractivity contribution in [2.45, 2.75) is 284 Å². The summed E-state index contributed by atoms with van der Waals surface area (Å²) >= 11 is 0. The van der Waals surface area contributed by atoms with Gasteiger partial charge in [0.15, 0.2) is 6.10 Å². The van der Waals surface area contributed by atoms with E-state index in [2.05, 4.69) is 142 Å². The van der Waals surface area contributed by atoms with Gasteiger partial charge in [0.05, 0.1) is 0 Å². The Kier molecular flexibility index (Phi) is 58.9. The van der Waals surface area contributed by atoms with Crippen molar-refractivity contribution in [2.24, 2.45) is 0 Å². The highest BCUT2D eigenvalue weighted by Gasteiger charge is 2.19. The molecule has 0 amide bonds. The van der Waals surface area contributed by atoms with Crippen LogP contribution in [0.4, 0.5) is 0 Å². The molecule has 75 heavy (non-hydrogen) atoms. The van der Waals surface area contributed by atoms with Crippen molar-refractivity contribution in [1.29, 1.82) is 0 Å². The standard InChI is InChI=1S/C69H114O6/c1-4-7-10-13-16-19-22-25-28-30-31-32-33-34-35-36-37-38-39-40-42-44-47-50-53-56-59-62-68(71)74-65-66(64-73-67(70)61-58-55-52-49-46-43-27-24-21-18-15-12-9-6-3)75-69(72)63-60-57-54-51-48-45-41-29-26-23-20-17-14-11-8-5-2/h7,10,15-16,18-19,24-25,27-29,31-32,34-35,37-38,40-42,66H,4-6,8-9,11-14,17,20-23,26,30,33,36,39,43-65H2,1-3H3/b10-7-,18-15-,19-16-,27-24-,28-25-,32-31-,35-34-,38-37-,41-29-,42-40-. The van der Waals surface area contributed by atoms with Crippen LogP contribution in [0.1, 0.15) is 278 Å². The van der Waals surface area contributed by atoms with E-state index in [9.17, 15) is 14.4 Å². The first kappa shape index (κ1) is 70.8. The van der Waals surface area contributed by atoms with Crippen molar-refractivity contribution in [1.82, 2.24) is 0 Å². The minimum Gasteiger partial charge on any atom is -0.462 e. The summed E-state index contributed by atoms with van der Waals surface area (Å²) in [6, 6.07) is 0. The molecule has 6 nitrogen and oxygen atoms in total. The van der Waals surface area contributed by atoms with Crippen LogP contribution >= 0.6 is 0 Å². The fourth-order valence-electron chi connectivity index (χ4n) is 8.26. The van der Waals surface area contributed by atoms with Gasteiger partial charge in [0.2, 0.25) is 0 Å². The van der Waals surface area contributed by atoms with Crippen LogP contribution in [-0.4, -0.2) is 37.2 Å². The Morgan fingerprint density at radius 3 is 0.867 bits per heavy atom. The Labute approximate surface area is 462 Å². The molecule has 0 aromatic heterocycles.